The number of carbonyl (C=O) groups excluding carboxylic acids is 3. The molecule has 0 spiro atoms. The van der Waals surface area contributed by atoms with Crippen LogP contribution in [-0.2, 0) is 19.1 Å². The monoisotopic (exact) mass is 255 g/mol. The molecule has 2 unspecified atom stereocenters. The van der Waals surface area contributed by atoms with E-state index in [1.54, 1.807) is 0 Å². The van der Waals surface area contributed by atoms with E-state index in [1.807, 2.05) is 0 Å². The zero-order chi connectivity index (χ0) is 13.5. The lowest BCUT2D eigenvalue weighted by Gasteiger charge is -2.29. The summed E-state index contributed by atoms with van der Waals surface area (Å²) in [5.41, 5.74) is 0. The van der Waals surface area contributed by atoms with Gasteiger partial charge in [0.1, 0.15) is 6.23 Å². The van der Waals surface area contributed by atoms with E-state index in [9.17, 15) is 14.4 Å². The standard InChI is InChI=1S/C11H17N3O4/c1-3-12-10(16)11(17)14-8-4-5-9(18-6-8)13-7(2)15/h3,8-9H,1,4-6H2,2H3,(H,12,16)(H,13,15)(H,14,17). The van der Waals surface area contributed by atoms with Crippen LogP contribution in [0.4, 0.5) is 0 Å². The quantitative estimate of drug-likeness (QED) is 0.564. The Labute approximate surface area is 105 Å². The molecule has 2 atom stereocenters. The van der Waals surface area contributed by atoms with Crippen LogP contribution < -0.4 is 16.0 Å². The molecular weight excluding hydrogens is 238 g/mol. The summed E-state index contributed by atoms with van der Waals surface area (Å²) < 4.78 is 5.34. The molecule has 0 bridgehead atoms. The molecule has 1 aliphatic rings. The summed E-state index contributed by atoms with van der Waals surface area (Å²) in [6.07, 6.45) is 2.05. The summed E-state index contributed by atoms with van der Waals surface area (Å²) >= 11 is 0. The highest BCUT2D eigenvalue weighted by Gasteiger charge is 2.25. The second kappa shape index (κ2) is 6.75. The van der Waals surface area contributed by atoms with Crippen molar-refractivity contribution in [3.8, 4) is 0 Å². The predicted octanol–water partition coefficient (Wildman–Crippen LogP) is -0.996. The minimum atomic E-state index is -0.756. The lowest BCUT2D eigenvalue weighted by Crippen LogP contribution is -2.50. The lowest BCUT2D eigenvalue weighted by atomic mass is 10.1. The van der Waals surface area contributed by atoms with Crippen LogP contribution >= 0.6 is 0 Å². The van der Waals surface area contributed by atoms with Crippen molar-refractivity contribution < 1.29 is 19.1 Å². The van der Waals surface area contributed by atoms with Gasteiger partial charge in [-0.05, 0) is 19.0 Å². The number of rotatable bonds is 3. The molecule has 7 nitrogen and oxygen atoms in total. The van der Waals surface area contributed by atoms with E-state index in [1.165, 1.54) is 6.92 Å². The first-order valence-corrected chi connectivity index (χ1v) is 5.64. The number of amides is 3. The maximum absolute atomic E-state index is 11.4. The van der Waals surface area contributed by atoms with Crippen molar-refractivity contribution in [2.24, 2.45) is 0 Å². The maximum atomic E-state index is 11.4. The zero-order valence-corrected chi connectivity index (χ0v) is 10.2. The summed E-state index contributed by atoms with van der Waals surface area (Å²) in [6.45, 7) is 4.97. The third kappa shape index (κ3) is 4.54. The van der Waals surface area contributed by atoms with Crippen molar-refractivity contribution in [2.75, 3.05) is 6.61 Å². The minimum Gasteiger partial charge on any atom is -0.356 e. The van der Waals surface area contributed by atoms with Crippen LogP contribution in [0.25, 0.3) is 0 Å². The number of hydrogen-bond donors (Lipinski definition) is 3. The molecule has 1 saturated heterocycles. The molecule has 1 rings (SSSR count). The van der Waals surface area contributed by atoms with E-state index in [0.29, 0.717) is 12.8 Å². The average molecular weight is 255 g/mol. The molecule has 1 fully saturated rings. The highest BCUT2D eigenvalue weighted by atomic mass is 16.5. The smallest absolute Gasteiger partial charge is 0.313 e. The molecule has 0 aromatic rings. The van der Waals surface area contributed by atoms with E-state index >= 15 is 0 Å². The Morgan fingerprint density at radius 3 is 2.44 bits per heavy atom. The van der Waals surface area contributed by atoms with Crippen molar-refractivity contribution in [3.05, 3.63) is 12.8 Å². The maximum Gasteiger partial charge on any atom is 0.313 e. The van der Waals surface area contributed by atoms with Crippen LogP contribution in [0.1, 0.15) is 19.8 Å². The van der Waals surface area contributed by atoms with Gasteiger partial charge in [-0.3, -0.25) is 14.4 Å². The molecule has 0 aromatic carbocycles. The van der Waals surface area contributed by atoms with Gasteiger partial charge in [-0.2, -0.15) is 0 Å². The molecule has 100 valence electrons. The van der Waals surface area contributed by atoms with E-state index in [0.717, 1.165) is 6.20 Å². The van der Waals surface area contributed by atoms with Gasteiger partial charge in [0.15, 0.2) is 0 Å². The van der Waals surface area contributed by atoms with Crippen molar-refractivity contribution >= 4 is 17.7 Å². The van der Waals surface area contributed by atoms with Crippen molar-refractivity contribution in [3.63, 3.8) is 0 Å². The number of nitrogens with one attached hydrogen (secondary N) is 3. The molecule has 18 heavy (non-hydrogen) atoms. The van der Waals surface area contributed by atoms with Gasteiger partial charge in [-0.1, -0.05) is 6.58 Å². The Kier molecular flexibility index (Phi) is 5.31. The first kappa shape index (κ1) is 14.2. The van der Waals surface area contributed by atoms with E-state index in [4.69, 9.17) is 4.74 Å². The zero-order valence-electron chi connectivity index (χ0n) is 10.2. The number of ether oxygens (including phenoxy) is 1. The molecule has 3 N–H and O–H groups in total. The summed E-state index contributed by atoms with van der Waals surface area (Å²) in [5, 5.41) is 7.36. The van der Waals surface area contributed by atoms with E-state index in [2.05, 4.69) is 22.5 Å². The summed E-state index contributed by atoms with van der Waals surface area (Å²) in [5.74, 6) is -1.64. The van der Waals surface area contributed by atoms with Gasteiger partial charge in [0, 0.05) is 6.92 Å². The van der Waals surface area contributed by atoms with Crippen LogP contribution in [-0.4, -0.2) is 36.6 Å². The molecular formula is C11H17N3O4. The first-order chi connectivity index (χ1) is 8.52. The van der Waals surface area contributed by atoms with E-state index < -0.39 is 11.8 Å². The Hall–Kier alpha value is -1.89. The minimum absolute atomic E-state index is 0.159. The Morgan fingerprint density at radius 1 is 1.22 bits per heavy atom. The number of carbonyl (C=O) groups is 3. The largest absolute Gasteiger partial charge is 0.356 e. The Bertz CT molecular complexity index is 348. The fourth-order valence-electron chi connectivity index (χ4n) is 1.62. The Morgan fingerprint density at radius 2 is 1.94 bits per heavy atom. The second-order valence-electron chi connectivity index (χ2n) is 3.95. The molecule has 0 aliphatic carbocycles. The van der Waals surface area contributed by atoms with Crippen molar-refractivity contribution in [1.29, 1.82) is 0 Å². The SMILES string of the molecule is C=CNC(=O)C(=O)NC1CCC(NC(C)=O)OC1. The fraction of sp³-hybridized carbons (Fsp3) is 0.545. The molecule has 1 aliphatic heterocycles. The van der Waals surface area contributed by atoms with Gasteiger partial charge in [0.25, 0.3) is 0 Å². The fourth-order valence-corrected chi connectivity index (χ4v) is 1.62. The van der Waals surface area contributed by atoms with Gasteiger partial charge < -0.3 is 20.7 Å². The van der Waals surface area contributed by atoms with Gasteiger partial charge in [-0.15, -0.1) is 0 Å². The normalized spacial score (nSPS) is 22.7. The predicted molar refractivity (Wildman–Crippen MR) is 63.1 cm³/mol. The summed E-state index contributed by atoms with van der Waals surface area (Å²) in [7, 11) is 0. The van der Waals surface area contributed by atoms with Gasteiger partial charge in [-0.25, -0.2) is 0 Å². The number of hydrogen-bond acceptors (Lipinski definition) is 4. The van der Waals surface area contributed by atoms with Gasteiger partial charge in [0.2, 0.25) is 5.91 Å². The van der Waals surface area contributed by atoms with Gasteiger partial charge >= 0.3 is 11.8 Å². The van der Waals surface area contributed by atoms with Crippen molar-refractivity contribution in [2.45, 2.75) is 32.0 Å². The molecule has 0 saturated carbocycles. The van der Waals surface area contributed by atoms with E-state index in [-0.39, 0.29) is 24.8 Å². The van der Waals surface area contributed by atoms with Crippen LogP contribution in [0, 0.1) is 0 Å². The highest BCUT2D eigenvalue weighted by Crippen LogP contribution is 2.11. The first-order valence-electron chi connectivity index (χ1n) is 5.64. The van der Waals surface area contributed by atoms with Crippen LogP contribution in [0.15, 0.2) is 12.8 Å². The Balaban J connectivity index is 2.31. The third-order valence-electron chi connectivity index (χ3n) is 2.41. The van der Waals surface area contributed by atoms with Crippen LogP contribution in [0.2, 0.25) is 0 Å². The van der Waals surface area contributed by atoms with Crippen molar-refractivity contribution in [1.82, 2.24) is 16.0 Å². The van der Waals surface area contributed by atoms with Crippen LogP contribution in [0.5, 0.6) is 0 Å². The lowest BCUT2D eigenvalue weighted by molar-refractivity contribution is -0.140. The highest BCUT2D eigenvalue weighted by molar-refractivity contribution is 6.35. The average Bonchev–Trinajstić information content (AvgIpc) is 2.31. The summed E-state index contributed by atoms with van der Waals surface area (Å²) in [6, 6.07) is -0.224. The topological polar surface area (TPSA) is 96.5 Å². The molecule has 0 aromatic heterocycles. The molecule has 0 radical (unpaired) electrons. The third-order valence-corrected chi connectivity index (χ3v) is 2.41. The molecule has 1 heterocycles. The summed E-state index contributed by atoms with van der Waals surface area (Å²) in [4.78, 5) is 33.3. The second-order valence-corrected chi connectivity index (χ2v) is 3.95. The molecule has 3 amide bonds. The van der Waals surface area contributed by atoms with Crippen LogP contribution in [0.3, 0.4) is 0 Å². The molecule has 7 heteroatoms. The van der Waals surface area contributed by atoms with Gasteiger partial charge in [0.05, 0.1) is 12.6 Å².